The third-order valence-electron chi connectivity index (χ3n) is 4.86. The van der Waals surface area contributed by atoms with E-state index in [1.807, 2.05) is 11.8 Å². The van der Waals surface area contributed by atoms with E-state index in [4.69, 9.17) is 0 Å². The summed E-state index contributed by atoms with van der Waals surface area (Å²) in [6.45, 7) is 10.2. The van der Waals surface area contributed by atoms with Crippen molar-refractivity contribution in [3.05, 3.63) is 0 Å². The van der Waals surface area contributed by atoms with Gasteiger partial charge in [-0.25, -0.2) is 0 Å². The van der Waals surface area contributed by atoms with Crippen LogP contribution in [0.15, 0.2) is 0 Å². The third-order valence-corrected chi connectivity index (χ3v) is 8.56. The van der Waals surface area contributed by atoms with Crippen molar-refractivity contribution in [3.8, 4) is 0 Å². The normalized spacial score (nSPS) is 33.2. The van der Waals surface area contributed by atoms with Gasteiger partial charge in [0.15, 0.2) is 0 Å². The van der Waals surface area contributed by atoms with Gasteiger partial charge in [-0.2, -0.15) is 0 Å². The van der Waals surface area contributed by atoms with E-state index in [0.717, 1.165) is 0 Å². The molecule has 1 saturated heterocycles. The Morgan fingerprint density at radius 3 is 2.25 bits per heavy atom. The molecule has 2 N–H and O–H groups in total. The summed E-state index contributed by atoms with van der Waals surface area (Å²) in [5, 5.41) is 3.82. The zero-order valence-corrected chi connectivity index (χ0v) is 15.2. The summed E-state index contributed by atoms with van der Waals surface area (Å²) in [6.07, 6.45) is 6.27. The van der Waals surface area contributed by atoms with E-state index in [1.54, 1.807) is 0 Å². The Hall–Kier alpha value is 0.500. The highest BCUT2D eigenvalue weighted by molar-refractivity contribution is 8.02. The second-order valence-electron chi connectivity index (χ2n) is 7.56. The lowest BCUT2D eigenvalue weighted by Crippen LogP contribution is -2.52. The lowest BCUT2D eigenvalue weighted by Gasteiger charge is -2.37. The molecule has 0 aromatic carbocycles. The van der Waals surface area contributed by atoms with Gasteiger partial charge in [0.05, 0.1) is 10.5 Å². The van der Waals surface area contributed by atoms with E-state index < -0.39 is 7.37 Å². The summed E-state index contributed by atoms with van der Waals surface area (Å²) in [4.78, 5) is 10.4. The number of rotatable bonds is 3. The molecule has 3 atom stereocenters. The number of hydrogen-bond donors (Lipinski definition) is 2. The molecule has 5 heteroatoms. The molecule has 20 heavy (non-hydrogen) atoms. The van der Waals surface area contributed by atoms with E-state index in [-0.39, 0.29) is 27.2 Å². The minimum Gasteiger partial charge on any atom is -0.344 e. The molecule has 118 valence electrons. The lowest BCUT2D eigenvalue weighted by molar-refractivity contribution is 0.283. The largest absolute Gasteiger partial charge is 0.344 e. The van der Waals surface area contributed by atoms with E-state index >= 15 is 0 Å². The molecular formula is C15H30NO2PS. The Balaban J connectivity index is 2.28. The highest BCUT2D eigenvalue weighted by atomic mass is 32.2. The summed E-state index contributed by atoms with van der Waals surface area (Å²) >= 11 is 2.02. The Labute approximate surface area is 128 Å². The zero-order chi connectivity index (χ0) is 15.2. The smallest absolute Gasteiger partial charge is 0.202 e. The Morgan fingerprint density at radius 2 is 1.80 bits per heavy atom. The number of hydrogen-bond acceptors (Lipinski definition) is 3. The van der Waals surface area contributed by atoms with E-state index in [0.29, 0.717) is 0 Å². The van der Waals surface area contributed by atoms with Crippen molar-refractivity contribution >= 4 is 19.1 Å². The molecule has 0 aromatic heterocycles. The van der Waals surface area contributed by atoms with Gasteiger partial charge in [-0.1, -0.05) is 33.1 Å². The molecule has 0 radical (unpaired) electrons. The average molecular weight is 319 g/mol. The quantitative estimate of drug-likeness (QED) is 0.770. The van der Waals surface area contributed by atoms with Gasteiger partial charge >= 0.3 is 0 Å². The van der Waals surface area contributed by atoms with Gasteiger partial charge in [0.25, 0.3) is 0 Å². The Bertz CT molecular complexity index is 399. The van der Waals surface area contributed by atoms with Crippen molar-refractivity contribution in [1.29, 1.82) is 0 Å². The first-order valence-electron chi connectivity index (χ1n) is 7.85. The average Bonchev–Trinajstić information content (AvgIpc) is 2.48. The van der Waals surface area contributed by atoms with Gasteiger partial charge in [-0.05, 0) is 32.6 Å². The minimum atomic E-state index is -3.10. The minimum absolute atomic E-state index is 0.0146. The van der Waals surface area contributed by atoms with Crippen LogP contribution in [0.2, 0.25) is 0 Å². The Morgan fingerprint density at radius 1 is 1.25 bits per heavy atom. The van der Waals surface area contributed by atoms with Gasteiger partial charge in [0.2, 0.25) is 7.37 Å². The summed E-state index contributed by atoms with van der Waals surface area (Å²) in [6, 6.07) is 0.117. The van der Waals surface area contributed by atoms with Crippen LogP contribution in [-0.4, -0.2) is 32.9 Å². The molecule has 0 amide bonds. The van der Waals surface area contributed by atoms with Gasteiger partial charge in [-0.15, -0.1) is 11.8 Å². The molecule has 2 fully saturated rings. The van der Waals surface area contributed by atoms with Crippen LogP contribution in [0.3, 0.4) is 0 Å². The molecule has 2 rings (SSSR count). The SMILES string of the molecule is CC(C)C(C1NC2(CCCCC2)SC1(C)C)P(C)(=O)O. The van der Waals surface area contributed by atoms with Crippen molar-refractivity contribution in [2.75, 3.05) is 6.66 Å². The van der Waals surface area contributed by atoms with E-state index in [2.05, 4.69) is 33.0 Å². The summed E-state index contributed by atoms with van der Waals surface area (Å²) in [5.41, 5.74) is -0.161. The van der Waals surface area contributed by atoms with Crippen LogP contribution in [-0.2, 0) is 4.57 Å². The van der Waals surface area contributed by atoms with Crippen molar-refractivity contribution in [2.45, 2.75) is 81.1 Å². The molecular weight excluding hydrogens is 289 g/mol. The second-order valence-corrected chi connectivity index (χ2v) is 12.1. The molecule has 0 aromatic rings. The van der Waals surface area contributed by atoms with Crippen molar-refractivity contribution < 1.29 is 9.46 Å². The van der Waals surface area contributed by atoms with Gasteiger partial charge in [-0.3, -0.25) is 9.88 Å². The van der Waals surface area contributed by atoms with Crippen LogP contribution in [0.4, 0.5) is 0 Å². The van der Waals surface area contributed by atoms with Crippen molar-refractivity contribution in [3.63, 3.8) is 0 Å². The van der Waals surface area contributed by atoms with Crippen LogP contribution < -0.4 is 5.32 Å². The standard InChI is InChI=1S/C15H30NO2PS/c1-11(2)12(19(5,17)18)13-14(3,4)20-15(16-13)9-7-6-8-10-15/h11-13,16H,6-10H2,1-5H3,(H,17,18). The fourth-order valence-corrected chi connectivity index (χ4v) is 8.36. The van der Waals surface area contributed by atoms with Crippen LogP contribution >= 0.6 is 19.1 Å². The van der Waals surface area contributed by atoms with E-state index in [9.17, 15) is 9.46 Å². The zero-order valence-electron chi connectivity index (χ0n) is 13.5. The highest BCUT2D eigenvalue weighted by Gasteiger charge is 2.55. The maximum absolute atomic E-state index is 12.4. The second kappa shape index (κ2) is 5.61. The molecule has 2 aliphatic rings. The Kier molecular flexibility index (Phi) is 4.73. The molecule has 3 nitrogen and oxygen atoms in total. The third kappa shape index (κ3) is 3.29. The molecule has 0 bridgehead atoms. The van der Waals surface area contributed by atoms with Gasteiger partial charge < -0.3 is 4.89 Å². The predicted molar refractivity (Wildman–Crippen MR) is 88.8 cm³/mol. The first-order chi connectivity index (χ1) is 9.07. The van der Waals surface area contributed by atoms with Crippen LogP contribution in [0.5, 0.6) is 0 Å². The fraction of sp³-hybridized carbons (Fsp3) is 1.00. The summed E-state index contributed by atoms with van der Waals surface area (Å²) < 4.78 is 12.4. The number of nitrogens with one attached hydrogen (secondary N) is 1. The molecule has 1 spiro atoms. The molecule has 1 saturated carbocycles. The maximum Gasteiger partial charge on any atom is 0.202 e. The van der Waals surface area contributed by atoms with Crippen molar-refractivity contribution in [2.24, 2.45) is 5.92 Å². The lowest BCUT2D eigenvalue weighted by atomic mass is 9.89. The first-order valence-corrected chi connectivity index (χ1v) is 10.8. The summed E-state index contributed by atoms with van der Waals surface area (Å²) in [5.74, 6) is 0.215. The fourth-order valence-electron chi connectivity index (χ4n) is 4.13. The molecule has 3 unspecified atom stereocenters. The van der Waals surface area contributed by atoms with Gasteiger partial charge in [0, 0.05) is 17.5 Å². The van der Waals surface area contributed by atoms with Crippen LogP contribution in [0, 0.1) is 5.92 Å². The monoisotopic (exact) mass is 319 g/mol. The highest BCUT2D eigenvalue weighted by Crippen LogP contribution is 2.58. The summed E-state index contributed by atoms with van der Waals surface area (Å²) in [7, 11) is -3.10. The molecule has 1 heterocycles. The van der Waals surface area contributed by atoms with Crippen LogP contribution in [0.1, 0.15) is 59.8 Å². The predicted octanol–water partition coefficient (Wildman–Crippen LogP) is 4.06. The van der Waals surface area contributed by atoms with Gasteiger partial charge in [0.1, 0.15) is 0 Å². The molecule has 1 aliphatic carbocycles. The van der Waals surface area contributed by atoms with Crippen molar-refractivity contribution in [1.82, 2.24) is 5.32 Å². The first kappa shape index (κ1) is 16.9. The van der Waals surface area contributed by atoms with Crippen LogP contribution in [0.25, 0.3) is 0 Å². The van der Waals surface area contributed by atoms with E-state index in [1.165, 1.54) is 38.8 Å². The maximum atomic E-state index is 12.4. The topological polar surface area (TPSA) is 49.3 Å². The molecule has 1 aliphatic heterocycles. The number of thioether (sulfide) groups is 1.